The van der Waals surface area contributed by atoms with E-state index < -0.39 is 0 Å². The number of aryl methyl sites for hydroxylation is 1. The summed E-state index contributed by atoms with van der Waals surface area (Å²) in [7, 11) is 0. The molecule has 17 heavy (non-hydrogen) atoms. The van der Waals surface area contributed by atoms with Crippen molar-refractivity contribution >= 4 is 0 Å². The van der Waals surface area contributed by atoms with E-state index in [-0.39, 0.29) is 6.04 Å². The van der Waals surface area contributed by atoms with Gasteiger partial charge in [-0.2, -0.15) is 0 Å². The van der Waals surface area contributed by atoms with Gasteiger partial charge in [0.05, 0.1) is 0 Å². The minimum atomic E-state index is 0.279. The van der Waals surface area contributed by atoms with Crippen LogP contribution < -0.4 is 11.3 Å². The van der Waals surface area contributed by atoms with Crippen molar-refractivity contribution in [3.8, 4) is 12.3 Å². The van der Waals surface area contributed by atoms with Gasteiger partial charge in [0.1, 0.15) is 0 Å². The van der Waals surface area contributed by atoms with Crippen LogP contribution in [-0.2, 0) is 6.42 Å². The third kappa shape index (κ3) is 1.67. The zero-order valence-electron chi connectivity index (χ0n) is 9.89. The molecule has 1 aromatic rings. The molecule has 4 atom stereocenters. The lowest BCUT2D eigenvalue weighted by molar-refractivity contribution is 0.451. The Morgan fingerprint density at radius 3 is 3.06 bits per heavy atom. The van der Waals surface area contributed by atoms with Gasteiger partial charge in [-0.25, -0.2) is 0 Å². The van der Waals surface area contributed by atoms with Crippen molar-refractivity contribution in [2.45, 2.75) is 31.2 Å². The molecular weight excluding hydrogens is 208 g/mol. The fourth-order valence-electron chi connectivity index (χ4n) is 3.60. The lowest BCUT2D eigenvalue weighted by Gasteiger charge is -2.14. The number of rotatable bonds is 3. The van der Waals surface area contributed by atoms with Crippen molar-refractivity contribution in [3.05, 3.63) is 35.4 Å². The third-order valence-electron chi connectivity index (χ3n) is 4.41. The van der Waals surface area contributed by atoms with Crippen LogP contribution in [-0.4, -0.2) is 6.04 Å². The SMILES string of the molecule is C#CCC(NN)C1C2CCc3ccccc3C21. The highest BCUT2D eigenvalue weighted by molar-refractivity contribution is 5.40. The first-order valence-corrected chi connectivity index (χ1v) is 6.34. The first-order chi connectivity index (χ1) is 8.36. The second-order valence-electron chi connectivity index (χ2n) is 5.19. The maximum Gasteiger partial charge on any atom is 0.0356 e. The Kier molecular flexibility index (Phi) is 2.66. The van der Waals surface area contributed by atoms with E-state index in [1.165, 1.54) is 24.0 Å². The van der Waals surface area contributed by atoms with Gasteiger partial charge in [-0.05, 0) is 41.7 Å². The van der Waals surface area contributed by atoms with Crippen LogP contribution in [0.3, 0.4) is 0 Å². The monoisotopic (exact) mass is 226 g/mol. The van der Waals surface area contributed by atoms with Gasteiger partial charge in [-0.3, -0.25) is 11.3 Å². The molecular formula is C15H18N2. The summed E-state index contributed by atoms with van der Waals surface area (Å²) >= 11 is 0. The largest absolute Gasteiger partial charge is 0.271 e. The van der Waals surface area contributed by atoms with E-state index in [1.807, 2.05) is 0 Å². The van der Waals surface area contributed by atoms with E-state index in [1.54, 1.807) is 0 Å². The number of fused-ring (bicyclic) bond motifs is 3. The van der Waals surface area contributed by atoms with Crippen molar-refractivity contribution in [1.82, 2.24) is 5.43 Å². The molecule has 4 unspecified atom stereocenters. The van der Waals surface area contributed by atoms with Crippen LogP contribution in [0.25, 0.3) is 0 Å². The van der Waals surface area contributed by atoms with Crippen molar-refractivity contribution in [2.24, 2.45) is 17.7 Å². The smallest absolute Gasteiger partial charge is 0.0356 e. The van der Waals surface area contributed by atoms with E-state index in [4.69, 9.17) is 12.3 Å². The quantitative estimate of drug-likeness (QED) is 0.469. The lowest BCUT2D eigenvalue weighted by Crippen LogP contribution is -2.37. The average molecular weight is 226 g/mol. The molecule has 0 radical (unpaired) electrons. The van der Waals surface area contributed by atoms with Gasteiger partial charge in [-0.1, -0.05) is 24.3 Å². The van der Waals surface area contributed by atoms with E-state index >= 15 is 0 Å². The molecule has 1 saturated carbocycles. The topological polar surface area (TPSA) is 38.0 Å². The van der Waals surface area contributed by atoms with Crippen molar-refractivity contribution in [1.29, 1.82) is 0 Å². The van der Waals surface area contributed by atoms with E-state index in [9.17, 15) is 0 Å². The predicted octanol–water partition coefficient (Wildman–Crippen LogP) is 1.82. The fraction of sp³-hybridized carbons (Fsp3) is 0.467. The molecule has 0 saturated heterocycles. The first kappa shape index (κ1) is 10.8. The number of terminal acetylenes is 1. The van der Waals surface area contributed by atoms with Crippen LogP contribution in [0.5, 0.6) is 0 Å². The Morgan fingerprint density at radius 2 is 2.29 bits per heavy atom. The molecule has 0 spiro atoms. The number of benzene rings is 1. The van der Waals surface area contributed by atoms with Gasteiger partial charge in [0.2, 0.25) is 0 Å². The summed E-state index contributed by atoms with van der Waals surface area (Å²) < 4.78 is 0. The Balaban J connectivity index is 1.84. The molecule has 2 aliphatic rings. The second kappa shape index (κ2) is 4.18. The molecule has 0 aromatic heterocycles. The minimum Gasteiger partial charge on any atom is -0.271 e. The van der Waals surface area contributed by atoms with Crippen LogP contribution in [0, 0.1) is 24.2 Å². The van der Waals surface area contributed by atoms with Gasteiger partial charge < -0.3 is 0 Å². The molecule has 2 aliphatic carbocycles. The van der Waals surface area contributed by atoms with E-state index in [0.29, 0.717) is 11.8 Å². The third-order valence-corrected chi connectivity index (χ3v) is 4.41. The van der Waals surface area contributed by atoms with Crippen LogP contribution >= 0.6 is 0 Å². The summed E-state index contributed by atoms with van der Waals surface area (Å²) in [5.41, 5.74) is 5.96. The van der Waals surface area contributed by atoms with Crippen LogP contribution in [0.4, 0.5) is 0 Å². The molecule has 88 valence electrons. The van der Waals surface area contributed by atoms with Crippen molar-refractivity contribution in [2.75, 3.05) is 0 Å². The summed E-state index contributed by atoms with van der Waals surface area (Å²) in [4.78, 5) is 0. The van der Waals surface area contributed by atoms with Gasteiger partial charge in [0, 0.05) is 12.5 Å². The maximum absolute atomic E-state index is 5.63. The second-order valence-corrected chi connectivity index (χ2v) is 5.19. The minimum absolute atomic E-state index is 0.279. The molecule has 3 N–H and O–H groups in total. The summed E-state index contributed by atoms with van der Waals surface area (Å²) in [5.74, 6) is 10.5. The number of nitrogens with one attached hydrogen (secondary N) is 1. The Labute approximate surface area is 103 Å². The maximum atomic E-state index is 5.63. The van der Waals surface area contributed by atoms with E-state index in [0.717, 1.165) is 12.3 Å². The number of hydrogen-bond acceptors (Lipinski definition) is 2. The molecule has 0 aliphatic heterocycles. The zero-order chi connectivity index (χ0) is 11.8. The lowest BCUT2D eigenvalue weighted by atomic mass is 9.92. The van der Waals surface area contributed by atoms with Gasteiger partial charge in [-0.15, -0.1) is 12.3 Å². The number of hydrazine groups is 1. The van der Waals surface area contributed by atoms with Gasteiger partial charge in [0.25, 0.3) is 0 Å². The molecule has 3 rings (SSSR count). The highest BCUT2D eigenvalue weighted by Gasteiger charge is 2.55. The first-order valence-electron chi connectivity index (χ1n) is 6.34. The Bertz CT molecular complexity index is 460. The zero-order valence-corrected chi connectivity index (χ0v) is 9.89. The highest BCUT2D eigenvalue weighted by Crippen LogP contribution is 2.61. The molecule has 2 nitrogen and oxygen atoms in total. The summed E-state index contributed by atoms with van der Waals surface area (Å²) in [6, 6.07) is 9.09. The molecule has 1 aromatic carbocycles. The predicted molar refractivity (Wildman–Crippen MR) is 69.0 cm³/mol. The summed E-state index contributed by atoms with van der Waals surface area (Å²) in [5, 5.41) is 0. The number of hydrogen-bond donors (Lipinski definition) is 2. The van der Waals surface area contributed by atoms with Gasteiger partial charge >= 0.3 is 0 Å². The van der Waals surface area contributed by atoms with Gasteiger partial charge in [0.15, 0.2) is 0 Å². The Morgan fingerprint density at radius 1 is 1.47 bits per heavy atom. The molecule has 0 amide bonds. The molecule has 1 fully saturated rings. The average Bonchev–Trinajstić information content (AvgIpc) is 3.10. The summed E-state index contributed by atoms with van der Waals surface area (Å²) in [6.07, 6.45) is 8.64. The molecule has 2 heteroatoms. The number of nitrogens with two attached hydrogens (primary N) is 1. The molecule has 0 bridgehead atoms. The van der Waals surface area contributed by atoms with Crippen LogP contribution in [0.1, 0.15) is 29.9 Å². The van der Waals surface area contributed by atoms with Crippen molar-refractivity contribution < 1.29 is 0 Å². The fourth-order valence-corrected chi connectivity index (χ4v) is 3.60. The standard InChI is InChI=1S/C15H18N2/c1-2-5-13(17-16)15-12-9-8-10-6-3-4-7-11(10)14(12)15/h1,3-4,6-7,12-15,17H,5,8-9,16H2. The molecule has 0 heterocycles. The summed E-state index contributed by atoms with van der Waals surface area (Å²) in [6.45, 7) is 0. The van der Waals surface area contributed by atoms with Crippen molar-refractivity contribution in [3.63, 3.8) is 0 Å². The van der Waals surface area contributed by atoms with Crippen LogP contribution in [0.15, 0.2) is 24.3 Å². The van der Waals surface area contributed by atoms with Crippen LogP contribution in [0.2, 0.25) is 0 Å². The normalized spacial score (nSPS) is 30.9. The highest BCUT2D eigenvalue weighted by atomic mass is 15.2. The Hall–Kier alpha value is -1.30. The van der Waals surface area contributed by atoms with E-state index in [2.05, 4.69) is 35.6 Å².